The minimum Gasteiger partial charge on any atom is -0.493 e. The lowest BCUT2D eigenvalue weighted by Gasteiger charge is -2.22. The molecule has 0 spiro atoms. The number of ether oxygens (including phenoxy) is 4. The van der Waals surface area contributed by atoms with Crippen LogP contribution in [0.4, 0.5) is 5.69 Å². The zero-order valence-corrected chi connectivity index (χ0v) is 20.8. The predicted octanol–water partition coefficient (Wildman–Crippen LogP) is 3.55. The van der Waals surface area contributed by atoms with Gasteiger partial charge in [-0.2, -0.15) is 4.31 Å². The lowest BCUT2D eigenvalue weighted by atomic mass is 10.2. The van der Waals surface area contributed by atoms with E-state index in [0.29, 0.717) is 22.9 Å². The Hall–Kier alpha value is -3.76. The number of methoxy groups -OCH3 is 4. The molecule has 3 rings (SSSR count). The highest BCUT2D eigenvalue weighted by molar-refractivity contribution is 7.89. The van der Waals surface area contributed by atoms with Gasteiger partial charge in [0.05, 0.1) is 39.9 Å². The smallest absolute Gasteiger partial charge is 0.243 e. The molecule has 1 N–H and O–H groups in total. The topological polar surface area (TPSA) is 103 Å². The number of amides is 1. The fourth-order valence-corrected chi connectivity index (χ4v) is 4.81. The maximum atomic E-state index is 13.6. The Morgan fingerprint density at radius 1 is 0.771 bits per heavy atom. The largest absolute Gasteiger partial charge is 0.493 e. The number of nitrogens with one attached hydrogen (secondary N) is 1. The van der Waals surface area contributed by atoms with Gasteiger partial charge < -0.3 is 24.3 Å². The van der Waals surface area contributed by atoms with Crippen molar-refractivity contribution >= 4 is 21.6 Å². The highest BCUT2D eigenvalue weighted by Gasteiger charge is 2.28. The van der Waals surface area contributed by atoms with Gasteiger partial charge in [0.2, 0.25) is 15.9 Å². The van der Waals surface area contributed by atoms with Crippen molar-refractivity contribution in [2.24, 2.45) is 0 Å². The summed E-state index contributed by atoms with van der Waals surface area (Å²) in [5.74, 6) is 1.09. The van der Waals surface area contributed by atoms with Crippen molar-refractivity contribution in [3.05, 3.63) is 72.3 Å². The molecule has 0 heterocycles. The summed E-state index contributed by atoms with van der Waals surface area (Å²) in [5.41, 5.74) is 1.17. The fourth-order valence-electron chi connectivity index (χ4n) is 3.41. The number of carbonyl (C=O) groups is 1. The maximum Gasteiger partial charge on any atom is 0.243 e. The minimum atomic E-state index is -4.08. The van der Waals surface area contributed by atoms with Crippen LogP contribution in [0.1, 0.15) is 5.56 Å². The molecule has 0 aromatic heterocycles. The van der Waals surface area contributed by atoms with Gasteiger partial charge in [-0.3, -0.25) is 4.79 Å². The summed E-state index contributed by atoms with van der Waals surface area (Å²) in [6.07, 6.45) is 0. The van der Waals surface area contributed by atoms with E-state index in [1.54, 1.807) is 42.5 Å². The highest BCUT2D eigenvalue weighted by Crippen LogP contribution is 2.32. The van der Waals surface area contributed by atoms with Crippen molar-refractivity contribution in [3.63, 3.8) is 0 Å². The normalized spacial score (nSPS) is 11.1. The molecule has 186 valence electrons. The van der Waals surface area contributed by atoms with Gasteiger partial charge in [0, 0.05) is 24.4 Å². The van der Waals surface area contributed by atoms with Gasteiger partial charge in [0.15, 0.2) is 23.0 Å². The number of anilines is 1. The Balaban J connectivity index is 1.90. The molecule has 0 saturated carbocycles. The van der Waals surface area contributed by atoms with Crippen LogP contribution in [0, 0.1) is 0 Å². The zero-order chi connectivity index (χ0) is 25.4. The molecule has 0 bridgehead atoms. The van der Waals surface area contributed by atoms with Crippen LogP contribution >= 0.6 is 0 Å². The third kappa shape index (κ3) is 6.23. The van der Waals surface area contributed by atoms with E-state index in [0.717, 1.165) is 9.87 Å². The van der Waals surface area contributed by atoms with Gasteiger partial charge in [-0.05, 0) is 29.8 Å². The van der Waals surface area contributed by atoms with Crippen molar-refractivity contribution in [3.8, 4) is 23.0 Å². The van der Waals surface area contributed by atoms with Crippen molar-refractivity contribution in [1.82, 2.24) is 4.31 Å². The second-order valence-corrected chi connectivity index (χ2v) is 9.33. The molecule has 1 amide bonds. The molecule has 0 radical (unpaired) electrons. The summed E-state index contributed by atoms with van der Waals surface area (Å²) in [6, 6.07) is 18.2. The molecule has 0 unspecified atom stereocenters. The third-order valence-electron chi connectivity index (χ3n) is 5.18. The molecule has 0 aliphatic carbocycles. The Bertz CT molecular complexity index is 1260. The van der Waals surface area contributed by atoms with E-state index >= 15 is 0 Å². The van der Waals surface area contributed by atoms with E-state index in [-0.39, 0.29) is 17.2 Å². The second-order valence-electron chi connectivity index (χ2n) is 7.39. The number of hydrogen-bond acceptors (Lipinski definition) is 7. The SMILES string of the molecule is COc1ccc(NC(=O)CN(Cc2ccccc2)S(=O)(=O)c2ccc(OC)c(OC)c2)cc1OC. The first-order chi connectivity index (χ1) is 16.8. The molecule has 10 heteroatoms. The van der Waals surface area contributed by atoms with Crippen molar-refractivity contribution in [1.29, 1.82) is 0 Å². The van der Waals surface area contributed by atoms with Crippen LogP contribution in [0.25, 0.3) is 0 Å². The van der Waals surface area contributed by atoms with E-state index in [1.807, 2.05) is 6.07 Å². The van der Waals surface area contributed by atoms with Crippen LogP contribution in [0.2, 0.25) is 0 Å². The molecule has 3 aromatic rings. The summed E-state index contributed by atoms with van der Waals surface area (Å²) in [4.78, 5) is 12.9. The van der Waals surface area contributed by atoms with Crippen LogP contribution in [0.5, 0.6) is 23.0 Å². The van der Waals surface area contributed by atoms with E-state index in [4.69, 9.17) is 18.9 Å². The average Bonchev–Trinajstić information content (AvgIpc) is 2.88. The molecular formula is C25H28N2O7S. The summed E-state index contributed by atoms with van der Waals surface area (Å²) in [7, 11) is 1.81. The minimum absolute atomic E-state index is 0.00310. The predicted molar refractivity (Wildman–Crippen MR) is 132 cm³/mol. The Morgan fingerprint density at radius 3 is 1.94 bits per heavy atom. The molecule has 0 aliphatic heterocycles. The van der Waals surface area contributed by atoms with Gasteiger partial charge in [0.1, 0.15) is 0 Å². The standard InChI is InChI=1S/C25H28N2O7S/c1-31-21-12-10-19(14-23(21)33-3)26-25(28)17-27(16-18-8-6-5-7-9-18)35(29,30)20-11-13-22(32-2)24(15-20)34-4/h5-15H,16-17H2,1-4H3,(H,26,28). The van der Waals surface area contributed by atoms with E-state index < -0.39 is 22.5 Å². The van der Waals surface area contributed by atoms with E-state index in [2.05, 4.69) is 5.32 Å². The van der Waals surface area contributed by atoms with Crippen LogP contribution in [-0.2, 0) is 21.4 Å². The van der Waals surface area contributed by atoms with Gasteiger partial charge in [-0.25, -0.2) is 8.42 Å². The number of nitrogens with zero attached hydrogens (tertiary/aromatic N) is 1. The van der Waals surface area contributed by atoms with Crippen molar-refractivity contribution < 1.29 is 32.2 Å². The summed E-state index contributed by atoms with van der Waals surface area (Å²) < 4.78 is 49.2. The molecule has 0 saturated heterocycles. The number of sulfonamides is 1. The molecule has 0 fully saturated rings. The molecule has 0 aliphatic rings. The van der Waals surface area contributed by atoms with Gasteiger partial charge in [0.25, 0.3) is 0 Å². The number of carbonyl (C=O) groups excluding carboxylic acids is 1. The molecule has 9 nitrogen and oxygen atoms in total. The lowest BCUT2D eigenvalue weighted by Crippen LogP contribution is -2.37. The highest BCUT2D eigenvalue weighted by atomic mass is 32.2. The van der Waals surface area contributed by atoms with E-state index in [9.17, 15) is 13.2 Å². The first-order valence-corrected chi connectivity index (χ1v) is 12.0. The quantitative estimate of drug-likeness (QED) is 0.429. The van der Waals surface area contributed by atoms with Crippen LogP contribution in [0.3, 0.4) is 0 Å². The van der Waals surface area contributed by atoms with Crippen molar-refractivity contribution in [2.75, 3.05) is 40.3 Å². The first kappa shape index (κ1) is 25.9. The van der Waals surface area contributed by atoms with Crippen LogP contribution < -0.4 is 24.3 Å². The van der Waals surface area contributed by atoms with Crippen LogP contribution in [-0.4, -0.2) is 53.6 Å². The summed E-state index contributed by atoms with van der Waals surface area (Å²) in [5, 5.41) is 2.72. The maximum absolute atomic E-state index is 13.6. The molecular weight excluding hydrogens is 472 g/mol. The summed E-state index contributed by atoms with van der Waals surface area (Å²) in [6.45, 7) is -0.420. The number of rotatable bonds is 11. The number of hydrogen-bond donors (Lipinski definition) is 1. The fraction of sp³-hybridized carbons (Fsp3) is 0.240. The number of benzene rings is 3. The zero-order valence-electron chi connectivity index (χ0n) is 20.0. The lowest BCUT2D eigenvalue weighted by molar-refractivity contribution is -0.116. The Kier molecular flexibility index (Phi) is 8.56. The first-order valence-electron chi connectivity index (χ1n) is 10.6. The van der Waals surface area contributed by atoms with Crippen molar-refractivity contribution in [2.45, 2.75) is 11.4 Å². The molecule has 0 atom stereocenters. The average molecular weight is 501 g/mol. The monoisotopic (exact) mass is 500 g/mol. The van der Waals surface area contributed by atoms with Crippen LogP contribution in [0.15, 0.2) is 71.6 Å². The molecule has 3 aromatic carbocycles. The molecule has 35 heavy (non-hydrogen) atoms. The van der Waals surface area contributed by atoms with Gasteiger partial charge in [-0.1, -0.05) is 30.3 Å². The Labute approximate surface area is 205 Å². The summed E-state index contributed by atoms with van der Waals surface area (Å²) >= 11 is 0. The van der Waals surface area contributed by atoms with E-state index in [1.165, 1.54) is 46.6 Å². The van der Waals surface area contributed by atoms with Gasteiger partial charge >= 0.3 is 0 Å². The Morgan fingerprint density at radius 2 is 1.34 bits per heavy atom. The van der Waals surface area contributed by atoms with Gasteiger partial charge in [-0.15, -0.1) is 0 Å². The third-order valence-corrected chi connectivity index (χ3v) is 6.97. The second kappa shape index (κ2) is 11.6.